The molecule has 0 spiro atoms. The van der Waals surface area contributed by atoms with Gasteiger partial charge >= 0.3 is 6.03 Å². The van der Waals surface area contributed by atoms with Gasteiger partial charge in [0, 0.05) is 22.3 Å². The zero-order valence-corrected chi connectivity index (χ0v) is 16.9. The molecular formula is C20H24Cl2N2O3. The molecule has 1 unspecified atom stereocenters. The number of carbonyl (C=O) groups excluding carboxylic acids is 1. The molecule has 0 bridgehead atoms. The minimum Gasteiger partial charge on any atom is -0.379 e. The maximum atomic E-state index is 12.3. The van der Waals surface area contributed by atoms with Gasteiger partial charge in [0.25, 0.3) is 0 Å². The van der Waals surface area contributed by atoms with Gasteiger partial charge in [-0.25, -0.2) is 4.79 Å². The molecule has 27 heavy (non-hydrogen) atoms. The molecule has 2 aromatic rings. The van der Waals surface area contributed by atoms with Crippen LogP contribution in [0.15, 0.2) is 42.5 Å². The molecule has 0 aliphatic heterocycles. The highest BCUT2D eigenvalue weighted by atomic mass is 35.5. The maximum Gasteiger partial charge on any atom is 0.319 e. The number of carbonyl (C=O) groups is 1. The largest absolute Gasteiger partial charge is 0.379 e. The van der Waals surface area contributed by atoms with Crippen LogP contribution >= 0.6 is 23.2 Å². The van der Waals surface area contributed by atoms with E-state index >= 15 is 0 Å². The second-order valence-corrected chi connectivity index (χ2v) is 6.78. The predicted molar refractivity (Wildman–Crippen MR) is 110 cm³/mol. The summed E-state index contributed by atoms with van der Waals surface area (Å²) in [4.78, 5) is 12.3. The molecule has 2 aromatic carbocycles. The molecule has 1 atom stereocenters. The first-order chi connectivity index (χ1) is 13.0. The molecule has 2 rings (SSSR count). The van der Waals surface area contributed by atoms with Crippen LogP contribution in [-0.2, 0) is 16.1 Å². The zero-order valence-electron chi connectivity index (χ0n) is 15.4. The molecule has 2 amide bonds. The molecule has 0 radical (unpaired) electrons. The van der Waals surface area contributed by atoms with E-state index < -0.39 is 0 Å². The molecular weight excluding hydrogens is 387 g/mol. The standard InChI is InChI=1S/C20H24Cl2N2O3/c1-3-26-9-10-27-13-15-5-4-6-17(11-15)24-20(25)23-14(2)18-8-7-16(21)12-19(18)22/h4-8,11-12,14H,3,9-10,13H2,1-2H3,(H2,23,24,25). The van der Waals surface area contributed by atoms with Gasteiger partial charge in [0.2, 0.25) is 0 Å². The van der Waals surface area contributed by atoms with Crippen LogP contribution in [0, 0.1) is 0 Å². The fourth-order valence-corrected chi connectivity index (χ4v) is 3.06. The Bertz CT molecular complexity index is 756. The summed E-state index contributed by atoms with van der Waals surface area (Å²) < 4.78 is 10.8. The number of benzene rings is 2. The van der Waals surface area contributed by atoms with Crippen molar-refractivity contribution in [3.8, 4) is 0 Å². The van der Waals surface area contributed by atoms with Gasteiger partial charge in [-0.15, -0.1) is 0 Å². The Hall–Kier alpha value is -1.79. The van der Waals surface area contributed by atoms with Crippen molar-refractivity contribution >= 4 is 34.9 Å². The lowest BCUT2D eigenvalue weighted by Crippen LogP contribution is -2.31. The minimum absolute atomic E-state index is 0.264. The summed E-state index contributed by atoms with van der Waals surface area (Å²) in [6.45, 7) is 6.05. The van der Waals surface area contributed by atoms with Gasteiger partial charge in [0.05, 0.1) is 25.9 Å². The highest BCUT2D eigenvalue weighted by molar-refractivity contribution is 6.35. The van der Waals surface area contributed by atoms with Crippen LogP contribution in [0.1, 0.15) is 31.0 Å². The molecule has 0 aliphatic rings. The van der Waals surface area contributed by atoms with E-state index in [4.69, 9.17) is 32.7 Å². The number of rotatable bonds is 9. The average molecular weight is 411 g/mol. The van der Waals surface area contributed by atoms with Crippen LogP contribution in [0.2, 0.25) is 10.0 Å². The zero-order chi connectivity index (χ0) is 19.6. The number of hydrogen-bond donors (Lipinski definition) is 2. The SMILES string of the molecule is CCOCCOCc1cccc(NC(=O)NC(C)c2ccc(Cl)cc2Cl)c1. The molecule has 0 aromatic heterocycles. The molecule has 0 saturated carbocycles. The lowest BCUT2D eigenvalue weighted by molar-refractivity contribution is 0.0453. The number of ether oxygens (including phenoxy) is 2. The highest BCUT2D eigenvalue weighted by Gasteiger charge is 2.13. The van der Waals surface area contributed by atoms with Gasteiger partial charge in [-0.2, -0.15) is 0 Å². The van der Waals surface area contributed by atoms with Crippen LogP contribution in [0.5, 0.6) is 0 Å². The van der Waals surface area contributed by atoms with Crippen LogP contribution in [0.25, 0.3) is 0 Å². The number of hydrogen-bond acceptors (Lipinski definition) is 3. The predicted octanol–water partition coefficient (Wildman–Crippen LogP) is 5.43. The lowest BCUT2D eigenvalue weighted by Gasteiger charge is -2.17. The normalized spacial score (nSPS) is 11.9. The summed E-state index contributed by atoms with van der Waals surface area (Å²) in [5.74, 6) is 0. The number of halogens is 2. The summed E-state index contributed by atoms with van der Waals surface area (Å²) in [7, 11) is 0. The smallest absolute Gasteiger partial charge is 0.319 e. The molecule has 0 saturated heterocycles. The summed E-state index contributed by atoms with van der Waals surface area (Å²) >= 11 is 12.1. The molecule has 0 fully saturated rings. The number of urea groups is 1. The first-order valence-corrected chi connectivity index (χ1v) is 9.52. The van der Waals surface area contributed by atoms with E-state index in [-0.39, 0.29) is 12.1 Å². The molecule has 2 N–H and O–H groups in total. The first-order valence-electron chi connectivity index (χ1n) is 8.76. The van der Waals surface area contributed by atoms with Crippen molar-refractivity contribution < 1.29 is 14.3 Å². The first kappa shape index (κ1) is 21.5. The second kappa shape index (κ2) is 11.1. The molecule has 7 heteroatoms. The van der Waals surface area contributed by atoms with Crippen molar-refractivity contribution in [2.24, 2.45) is 0 Å². The van der Waals surface area contributed by atoms with E-state index in [0.717, 1.165) is 11.1 Å². The quantitative estimate of drug-likeness (QED) is 0.541. The third kappa shape index (κ3) is 7.39. The van der Waals surface area contributed by atoms with Crippen molar-refractivity contribution in [3.05, 3.63) is 63.6 Å². The number of amides is 2. The minimum atomic E-state index is -0.317. The van der Waals surface area contributed by atoms with E-state index in [2.05, 4.69) is 10.6 Å². The van der Waals surface area contributed by atoms with Crippen LogP contribution in [0.4, 0.5) is 10.5 Å². The summed E-state index contributed by atoms with van der Waals surface area (Å²) in [6.07, 6.45) is 0. The Balaban J connectivity index is 1.87. The molecule has 146 valence electrons. The Morgan fingerprint density at radius 3 is 2.63 bits per heavy atom. The van der Waals surface area contributed by atoms with Gasteiger partial charge in [-0.05, 0) is 49.2 Å². The van der Waals surface area contributed by atoms with Gasteiger partial charge < -0.3 is 20.1 Å². The topological polar surface area (TPSA) is 59.6 Å². The lowest BCUT2D eigenvalue weighted by atomic mass is 10.1. The van der Waals surface area contributed by atoms with Crippen LogP contribution < -0.4 is 10.6 Å². The maximum absolute atomic E-state index is 12.3. The van der Waals surface area contributed by atoms with Crippen molar-refractivity contribution in [1.29, 1.82) is 0 Å². The molecule has 5 nitrogen and oxygen atoms in total. The fourth-order valence-electron chi connectivity index (χ4n) is 2.49. The van der Waals surface area contributed by atoms with Crippen molar-refractivity contribution in [2.75, 3.05) is 25.1 Å². The Morgan fingerprint density at radius 2 is 1.89 bits per heavy atom. The third-order valence-electron chi connectivity index (χ3n) is 3.81. The number of anilines is 1. The summed E-state index contributed by atoms with van der Waals surface area (Å²) in [6, 6.07) is 12.1. The van der Waals surface area contributed by atoms with E-state index in [1.54, 1.807) is 18.2 Å². The summed E-state index contributed by atoms with van der Waals surface area (Å²) in [5, 5.41) is 6.76. The van der Waals surface area contributed by atoms with Crippen molar-refractivity contribution in [1.82, 2.24) is 5.32 Å². The van der Waals surface area contributed by atoms with Crippen molar-refractivity contribution in [3.63, 3.8) is 0 Å². The third-order valence-corrected chi connectivity index (χ3v) is 4.37. The van der Waals surface area contributed by atoms with E-state index in [0.29, 0.717) is 42.2 Å². The van der Waals surface area contributed by atoms with Crippen LogP contribution in [0.3, 0.4) is 0 Å². The van der Waals surface area contributed by atoms with E-state index in [9.17, 15) is 4.79 Å². The second-order valence-electron chi connectivity index (χ2n) is 5.94. The molecule has 0 aliphatic carbocycles. The van der Waals surface area contributed by atoms with Gasteiger partial charge in [0.1, 0.15) is 0 Å². The highest BCUT2D eigenvalue weighted by Crippen LogP contribution is 2.26. The van der Waals surface area contributed by atoms with Gasteiger partial charge in [-0.1, -0.05) is 41.4 Å². The number of nitrogens with one attached hydrogen (secondary N) is 2. The van der Waals surface area contributed by atoms with Crippen LogP contribution in [-0.4, -0.2) is 25.9 Å². The van der Waals surface area contributed by atoms with Gasteiger partial charge in [-0.3, -0.25) is 0 Å². The molecule has 0 heterocycles. The van der Waals surface area contributed by atoms with Crippen molar-refractivity contribution in [2.45, 2.75) is 26.5 Å². The van der Waals surface area contributed by atoms with Gasteiger partial charge in [0.15, 0.2) is 0 Å². The monoisotopic (exact) mass is 410 g/mol. The fraction of sp³-hybridized carbons (Fsp3) is 0.350. The Kier molecular flexibility index (Phi) is 8.88. The Labute approximate surface area is 170 Å². The summed E-state index contributed by atoms with van der Waals surface area (Å²) in [5.41, 5.74) is 2.46. The van der Waals surface area contributed by atoms with E-state index in [1.165, 1.54) is 0 Å². The van der Waals surface area contributed by atoms with E-state index in [1.807, 2.05) is 38.1 Å². The Morgan fingerprint density at radius 1 is 1.11 bits per heavy atom. The average Bonchev–Trinajstić information content (AvgIpc) is 2.61.